The summed E-state index contributed by atoms with van der Waals surface area (Å²) in [4.78, 5) is 21.9. The predicted octanol–water partition coefficient (Wildman–Crippen LogP) is 1.73. The van der Waals surface area contributed by atoms with Crippen molar-refractivity contribution in [2.24, 2.45) is 7.05 Å². The minimum Gasteiger partial charge on any atom is -0.338 e. The number of pyridine rings is 1. The van der Waals surface area contributed by atoms with Crippen molar-refractivity contribution in [1.29, 1.82) is 0 Å². The lowest BCUT2D eigenvalue weighted by atomic mass is 10.0. The van der Waals surface area contributed by atoms with Crippen LogP contribution in [0.5, 0.6) is 0 Å². The van der Waals surface area contributed by atoms with Gasteiger partial charge in [-0.25, -0.2) is 4.98 Å². The van der Waals surface area contributed by atoms with Gasteiger partial charge in [0.05, 0.1) is 0 Å². The van der Waals surface area contributed by atoms with Gasteiger partial charge in [0.25, 0.3) is 0 Å². The van der Waals surface area contributed by atoms with Gasteiger partial charge >= 0.3 is 0 Å². The van der Waals surface area contributed by atoms with Crippen LogP contribution >= 0.6 is 11.6 Å². The lowest BCUT2D eigenvalue weighted by Crippen LogP contribution is -2.35. The standard InChI is InChI=1S/C15H16ClN5O/c1-20-10-18-15(19-20)13-3-2-12(9-17-13)11-4-6-21(7-5-11)14(22)8-16/h2-4,9-10H,5-8H2,1H3. The molecule has 0 unspecified atom stereocenters. The third kappa shape index (κ3) is 3.01. The number of nitrogens with zero attached hydrogens (tertiary/aromatic N) is 5. The number of rotatable bonds is 3. The number of carbonyl (C=O) groups is 1. The van der Waals surface area contributed by atoms with Gasteiger partial charge in [0, 0.05) is 26.3 Å². The van der Waals surface area contributed by atoms with E-state index >= 15 is 0 Å². The largest absolute Gasteiger partial charge is 0.338 e. The maximum atomic E-state index is 11.6. The van der Waals surface area contributed by atoms with Gasteiger partial charge < -0.3 is 4.90 Å². The Morgan fingerprint density at radius 1 is 1.36 bits per heavy atom. The summed E-state index contributed by atoms with van der Waals surface area (Å²) < 4.78 is 1.65. The van der Waals surface area contributed by atoms with Crippen molar-refractivity contribution in [1.82, 2.24) is 24.6 Å². The van der Waals surface area contributed by atoms with Crippen molar-refractivity contribution in [2.75, 3.05) is 19.0 Å². The maximum Gasteiger partial charge on any atom is 0.237 e. The average Bonchev–Trinajstić information content (AvgIpc) is 3.01. The third-order valence-electron chi connectivity index (χ3n) is 3.64. The van der Waals surface area contributed by atoms with Crippen LogP contribution < -0.4 is 0 Å². The fourth-order valence-corrected chi connectivity index (χ4v) is 2.58. The zero-order chi connectivity index (χ0) is 15.5. The minimum absolute atomic E-state index is 0.0216. The van der Waals surface area contributed by atoms with Gasteiger partial charge in [0.15, 0.2) is 5.82 Å². The molecule has 3 heterocycles. The summed E-state index contributed by atoms with van der Waals surface area (Å²) >= 11 is 5.58. The van der Waals surface area contributed by atoms with Crippen LogP contribution in [0.4, 0.5) is 0 Å². The maximum absolute atomic E-state index is 11.6. The molecule has 0 bridgehead atoms. The van der Waals surface area contributed by atoms with Gasteiger partial charge in [-0.15, -0.1) is 16.7 Å². The topological polar surface area (TPSA) is 63.9 Å². The highest BCUT2D eigenvalue weighted by Gasteiger charge is 2.17. The molecule has 22 heavy (non-hydrogen) atoms. The van der Waals surface area contributed by atoms with Crippen molar-refractivity contribution < 1.29 is 4.79 Å². The normalized spacial score (nSPS) is 14.8. The number of hydrogen-bond acceptors (Lipinski definition) is 4. The molecule has 2 aromatic rings. The lowest BCUT2D eigenvalue weighted by Gasteiger charge is -2.25. The molecule has 0 atom stereocenters. The summed E-state index contributed by atoms with van der Waals surface area (Å²) in [5, 5.41) is 4.23. The Balaban J connectivity index is 1.74. The van der Waals surface area contributed by atoms with Gasteiger partial charge in [-0.1, -0.05) is 12.1 Å². The number of amides is 1. The summed E-state index contributed by atoms with van der Waals surface area (Å²) in [5.41, 5.74) is 3.02. The molecule has 0 radical (unpaired) electrons. The van der Waals surface area contributed by atoms with Crippen LogP contribution in [-0.4, -0.2) is 49.5 Å². The molecule has 3 rings (SSSR count). The molecule has 1 amide bonds. The smallest absolute Gasteiger partial charge is 0.237 e. The molecule has 0 saturated heterocycles. The molecule has 0 spiro atoms. The highest BCUT2D eigenvalue weighted by Crippen LogP contribution is 2.23. The van der Waals surface area contributed by atoms with Crippen LogP contribution in [0.2, 0.25) is 0 Å². The number of halogens is 1. The highest BCUT2D eigenvalue weighted by molar-refractivity contribution is 6.27. The average molecular weight is 318 g/mol. The van der Waals surface area contributed by atoms with Crippen molar-refractivity contribution in [3.8, 4) is 11.5 Å². The Kier molecular flexibility index (Phi) is 4.20. The monoisotopic (exact) mass is 317 g/mol. The van der Waals surface area contributed by atoms with Crippen molar-refractivity contribution in [3.05, 3.63) is 36.3 Å². The van der Waals surface area contributed by atoms with Crippen LogP contribution in [0.3, 0.4) is 0 Å². The molecule has 2 aromatic heterocycles. The molecule has 1 aliphatic heterocycles. The number of carbonyl (C=O) groups excluding carboxylic acids is 1. The van der Waals surface area contributed by atoms with Crippen LogP contribution in [0.15, 0.2) is 30.7 Å². The highest BCUT2D eigenvalue weighted by atomic mass is 35.5. The fraction of sp³-hybridized carbons (Fsp3) is 0.333. The summed E-state index contributed by atoms with van der Waals surface area (Å²) in [5.74, 6) is 0.633. The van der Waals surface area contributed by atoms with E-state index in [1.807, 2.05) is 25.4 Å². The SMILES string of the molecule is Cn1cnc(-c2ccc(C3=CCN(C(=O)CCl)CC3)cn2)n1. The van der Waals surface area contributed by atoms with E-state index in [9.17, 15) is 4.79 Å². The first-order chi connectivity index (χ1) is 10.7. The Morgan fingerprint density at radius 2 is 2.23 bits per heavy atom. The first-order valence-electron chi connectivity index (χ1n) is 7.02. The zero-order valence-electron chi connectivity index (χ0n) is 12.2. The van der Waals surface area contributed by atoms with Crippen LogP contribution in [0, 0.1) is 0 Å². The molecule has 6 nitrogen and oxygen atoms in total. The molecule has 0 fully saturated rings. The number of aromatic nitrogens is 4. The van der Waals surface area contributed by atoms with E-state index in [1.165, 1.54) is 5.57 Å². The Bertz CT molecular complexity index is 707. The molecular formula is C15H16ClN5O. The van der Waals surface area contributed by atoms with Gasteiger partial charge in [-0.3, -0.25) is 14.5 Å². The van der Waals surface area contributed by atoms with Gasteiger partial charge in [-0.05, 0) is 23.6 Å². The Morgan fingerprint density at radius 3 is 2.77 bits per heavy atom. The molecule has 114 valence electrons. The van der Waals surface area contributed by atoms with Gasteiger partial charge in [-0.2, -0.15) is 0 Å². The van der Waals surface area contributed by atoms with Crippen molar-refractivity contribution >= 4 is 23.1 Å². The fourth-order valence-electron chi connectivity index (χ4n) is 2.42. The van der Waals surface area contributed by atoms with Crippen LogP contribution in [0.1, 0.15) is 12.0 Å². The molecule has 0 saturated carbocycles. The summed E-state index contributed by atoms with van der Waals surface area (Å²) in [6.07, 6.45) is 6.35. The Labute approximate surface area is 133 Å². The quantitative estimate of drug-likeness (QED) is 0.809. The summed E-state index contributed by atoms with van der Waals surface area (Å²) in [6.45, 7) is 1.30. The van der Waals surface area contributed by atoms with E-state index in [-0.39, 0.29) is 11.8 Å². The molecular weight excluding hydrogens is 302 g/mol. The van der Waals surface area contributed by atoms with Crippen LogP contribution in [-0.2, 0) is 11.8 Å². The van der Waals surface area contributed by atoms with E-state index in [0.29, 0.717) is 18.9 Å². The first kappa shape index (κ1) is 14.7. The molecule has 1 aliphatic rings. The predicted molar refractivity (Wildman–Crippen MR) is 84.1 cm³/mol. The van der Waals surface area contributed by atoms with Crippen molar-refractivity contribution in [3.63, 3.8) is 0 Å². The molecule has 0 aromatic carbocycles. The number of hydrogen-bond donors (Lipinski definition) is 0. The number of alkyl halides is 1. The van der Waals surface area contributed by atoms with E-state index in [0.717, 1.165) is 17.7 Å². The molecule has 7 heteroatoms. The van der Waals surface area contributed by atoms with E-state index in [2.05, 4.69) is 21.1 Å². The summed E-state index contributed by atoms with van der Waals surface area (Å²) in [6, 6.07) is 3.94. The second-order valence-corrected chi connectivity index (χ2v) is 5.39. The lowest BCUT2D eigenvalue weighted by molar-refractivity contribution is -0.128. The second-order valence-electron chi connectivity index (χ2n) is 5.13. The minimum atomic E-state index is -0.0216. The van der Waals surface area contributed by atoms with Crippen LogP contribution in [0.25, 0.3) is 17.1 Å². The zero-order valence-corrected chi connectivity index (χ0v) is 13.0. The van der Waals surface area contributed by atoms with E-state index < -0.39 is 0 Å². The number of aryl methyl sites for hydroxylation is 1. The molecule has 0 N–H and O–H groups in total. The summed E-state index contributed by atoms with van der Waals surface area (Å²) in [7, 11) is 1.82. The van der Waals surface area contributed by atoms with E-state index in [4.69, 9.17) is 11.6 Å². The van der Waals surface area contributed by atoms with Crippen molar-refractivity contribution in [2.45, 2.75) is 6.42 Å². The third-order valence-corrected chi connectivity index (χ3v) is 3.87. The van der Waals surface area contributed by atoms with Gasteiger partial charge in [0.1, 0.15) is 17.9 Å². The van der Waals surface area contributed by atoms with Gasteiger partial charge in [0.2, 0.25) is 5.91 Å². The second kappa shape index (κ2) is 6.27. The molecule has 0 aliphatic carbocycles. The Hall–Kier alpha value is -2.21. The first-order valence-corrected chi connectivity index (χ1v) is 7.56. The van der Waals surface area contributed by atoms with E-state index in [1.54, 1.807) is 15.9 Å².